The van der Waals surface area contributed by atoms with Crippen LogP contribution >= 0.6 is 0 Å². The van der Waals surface area contributed by atoms with E-state index in [2.05, 4.69) is 0 Å². The summed E-state index contributed by atoms with van der Waals surface area (Å²) in [6.07, 6.45) is -1.83. The zero-order valence-corrected chi connectivity index (χ0v) is 2.30. The molecule has 0 saturated carbocycles. The molecule has 4 N–H and O–H groups in total. The van der Waals surface area contributed by atoms with E-state index < -0.39 is 6.16 Å². The summed E-state index contributed by atoms with van der Waals surface area (Å²) in [5, 5.41) is 13.9. The van der Waals surface area contributed by atoms with E-state index in [4.69, 9.17) is 15.0 Å². The van der Waals surface area contributed by atoms with Gasteiger partial charge in [-0.2, -0.15) is 0 Å². The third kappa shape index (κ3) is 76.5. The molecule has 0 aliphatic heterocycles. The van der Waals surface area contributed by atoms with Crippen molar-refractivity contribution in [1.29, 1.82) is 0 Å². The Morgan fingerprint density at radius 2 is 1.33 bits per heavy atom. The van der Waals surface area contributed by atoms with E-state index in [0.29, 0.717) is 0 Å². The van der Waals surface area contributed by atoms with Gasteiger partial charge >= 0.3 is 64.3 Å². The molecule has 0 saturated heterocycles. The Morgan fingerprint density at radius 3 is 1.33 bits per heavy atom. The van der Waals surface area contributed by atoms with Crippen molar-refractivity contribution in [1.82, 2.24) is 0 Å². The second-order valence-electron chi connectivity index (χ2n) is 0.283. The van der Waals surface area contributed by atoms with Crippen LogP contribution in [0.2, 0.25) is 0 Å². The standard InChI is InChI=1S/CH2O3.H2O.Rb.H/c2-1(3)4;;;/h(H2,2,3,4);1H2;;. The summed E-state index contributed by atoms with van der Waals surface area (Å²) >= 11 is 0. The third-order valence-corrected chi connectivity index (χ3v) is 0. The van der Waals surface area contributed by atoms with Gasteiger partial charge in [0, 0.05) is 0 Å². The molecule has 0 bridgehead atoms. The quantitative estimate of drug-likeness (QED) is 0.471. The first-order valence-corrected chi connectivity index (χ1v) is 0.651. The van der Waals surface area contributed by atoms with Crippen molar-refractivity contribution in [3.8, 4) is 0 Å². The van der Waals surface area contributed by atoms with Crippen LogP contribution in [0.25, 0.3) is 0 Å². The number of hydrogen-bond acceptors (Lipinski definition) is 1. The Balaban J connectivity index is -0.0000000450. The Kier molecular flexibility index (Phi) is 24.6. The van der Waals surface area contributed by atoms with Crippen molar-refractivity contribution in [2.75, 3.05) is 0 Å². The summed E-state index contributed by atoms with van der Waals surface area (Å²) in [5.41, 5.74) is 0. The molecule has 0 aliphatic rings. The maximum absolute atomic E-state index is 8.56. The van der Waals surface area contributed by atoms with Gasteiger partial charge < -0.3 is 15.7 Å². The minimum absolute atomic E-state index is 0. The fourth-order valence-electron chi connectivity index (χ4n) is 0. The van der Waals surface area contributed by atoms with Gasteiger partial charge in [-0.25, -0.2) is 4.79 Å². The van der Waals surface area contributed by atoms with Crippen molar-refractivity contribution in [3.05, 3.63) is 0 Å². The van der Waals surface area contributed by atoms with Gasteiger partial charge in [0.1, 0.15) is 0 Å². The normalized spacial score (nSPS) is 4.00. The summed E-state index contributed by atoms with van der Waals surface area (Å²) in [7, 11) is 0. The van der Waals surface area contributed by atoms with Crippen molar-refractivity contribution in [2.24, 2.45) is 0 Å². The second-order valence-corrected chi connectivity index (χ2v) is 0.283. The van der Waals surface area contributed by atoms with Crippen molar-refractivity contribution in [3.63, 3.8) is 0 Å². The first-order chi connectivity index (χ1) is 1.73. The van der Waals surface area contributed by atoms with Crippen LogP contribution in [0.4, 0.5) is 4.79 Å². The molecule has 0 unspecified atom stereocenters. The van der Waals surface area contributed by atoms with Crippen LogP contribution in [0.1, 0.15) is 0 Å². The SMILES string of the molecule is O.O=C(O)O.[RbH]. The molecule has 0 heterocycles. The number of carboxylic acid groups (broad SMARTS) is 2. The minimum atomic E-state index is -1.83. The van der Waals surface area contributed by atoms with Crippen LogP contribution in [0.3, 0.4) is 0 Å². The Hall–Kier alpha value is 1.04. The first-order valence-electron chi connectivity index (χ1n) is 0.651. The average molecular weight is 167 g/mol. The summed E-state index contributed by atoms with van der Waals surface area (Å²) in [6.45, 7) is 0. The van der Waals surface area contributed by atoms with Crippen molar-refractivity contribution >= 4 is 64.3 Å². The molecule has 0 aromatic rings. The van der Waals surface area contributed by atoms with Crippen LogP contribution in [-0.2, 0) is 0 Å². The van der Waals surface area contributed by atoms with Gasteiger partial charge in [-0.05, 0) is 0 Å². The van der Waals surface area contributed by atoms with E-state index in [0.717, 1.165) is 0 Å². The van der Waals surface area contributed by atoms with Crippen LogP contribution < -0.4 is 0 Å². The van der Waals surface area contributed by atoms with E-state index >= 15 is 0 Å². The maximum atomic E-state index is 8.56. The predicted molar refractivity (Wildman–Crippen MR) is 21.4 cm³/mol. The third-order valence-electron chi connectivity index (χ3n) is 0. The van der Waals surface area contributed by atoms with Gasteiger partial charge in [0.15, 0.2) is 0 Å². The molecule has 4 nitrogen and oxygen atoms in total. The van der Waals surface area contributed by atoms with Crippen LogP contribution in [0.15, 0.2) is 0 Å². The molecule has 0 spiro atoms. The zero-order chi connectivity index (χ0) is 3.58. The van der Waals surface area contributed by atoms with Crippen molar-refractivity contribution < 1.29 is 20.5 Å². The van der Waals surface area contributed by atoms with Crippen molar-refractivity contribution in [2.45, 2.75) is 0 Å². The van der Waals surface area contributed by atoms with E-state index in [9.17, 15) is 0 Å². The monoisotopic (exact) mass is 166 g/mol. The van der Waals surface area contributed by atoms with Gasteiger partial charge in [-0.15, -0.1) is 0 Å². The second kappa shape index (κ2) is 9.40. The van der Waals surface area contributed by atoms with Gasteiger partial charge in [-0.3, -0.25) is 0 Å². The molecule has 0 amide bonds. The van der Waals surface area contributed by atoms with E-state index in [1.165, 1.54) is 0 Å². The Bertz CT molecular complexity index is 30.5. The number of rotatable bonds is 0. The molecule has 0 atom stereocenters. The number of carbonyl (C=O) groups is 1. The molecule has 0 radical (unpaired) electrons. The fraction of sp³-hybridized carbons (Fsp3) is 0. The zero-order valence-electron chi connectivity index (χ0n) is 2.30. The van der Waals surface area contributed by atoms with E-state index in [1.807, 2.05) is 0 Å². The van der Waals surface area contributed by atoms with E-state index in [1.54, 1.807) is 0 Å². The van der Waals surface area contributed by atoms with Gasteiger partial charge in [-0.1, -0.05) is 0 Å². The molecule has 0 aromatic carbocycles. The molecule has 5 heteroatoms. The van der Waals surface area contributed by atoms with Gasteiger partial charge in [0.05, 0.1) is 0 Å². The molecule has 0 fully saturated rings. The first kappa shape index (κ1) is 15.7. The average Bonchev–Trinajstić information content (AvgIpc) is 0.811. The molecule has 0 rings (SSSR count). The topological polar surface area (TPSA) is 89.0 Å². The Labute approximate surface area is 83.3 Å². The molecule has 34 valence electrons. The van der Waals surface area contributed by atoms with Gasteiger partial charge in [0.2, 0.25) is 0 Å². The summed E-state index contributed by atoms with van der Waals surface area (Å²) < 4.78 is 0. The Morgan fingerprint density at radius 1 is 1.33 bits per heavy atom. The summed E-state index contributed by atoms with van der Waals surface area (Å²) in [4.78, 5) is 8.56. The molecular formula is CH5O4Rb. The molecule has 0 aromatic heterocycles. The fourth-order valence-corrected chi connectivity index (χ4v) is 0. The van der Waals surface area contributed by atoms with Gasteiger partial charge in [0.25, 0.3) is 0 Å². The van der Waals surface area contributed by atoms with E-state index in [-0.39, 0.29) is 63.7 Å². The number of hydrogen-bond donors (Lipinski definition) is 2. The molecular weight excluding hydrogens is 161 g/mol. The van der Waals surface area contributed by atoms with Crippen LogP contribution in [0, 0.1) is 0 Å². The summed E-state index contributed by atoms with van der Waals surface area (Å²) in [5.74, 6) is 0. The molecule has 0 aliphatic carbocycles. The van der Waals surface area contributed by atoms with Crippen LogP contribution in [-0.4, -0.2) is 80.0 Å². The van der Waals surface area contributed by atoms with Crippen LogP contribution in [0.5, 0.6) is 0 Å². The predicted octanol–water partition coefficient (Wildman–Crippen LogP) is -1.25. The summed E-state index contributed by atoms with van der Waals surface area (Å²) in [6, 6.07) is 0. The molecule has 6 heavy (non-hydrogen) atoms.